The molecule has 0 aliphatic carbocycles. The Morgan fingerprint density at radius 1 is 1.07 bits per heavy atom. The van der Waals surface area contributed by atoms with Gasteiger partial charge in [-0.25, -0.2) is 0 Å². The lowest BCUT2D eigenvalue weighted by Crippen LogP contribution is -2.19. The average molecular weight is 436 g/mol. The van der Waals surface area contributed by atoms with Gasteiger partial charge in [-0.1, -0.05) is 71.2 Å². The smallest absolute Gasteiger partial charge is 0.206 e. The number of carbonyl (C=O) groups is 1. The molecule has 0 spiro atoms. The second-order valence-corrected chi connectivity index (χ2v) is 7.36. The zero-order valence-corrected chi connectivity index (χ0v) is 21.4. The number of amides is 1. The highest BCUT2D eigenvalue weighted by Gasteiger charge is 2.02. The summed E-state index contributed by atoms with van der Waals surface area (Å²) in [6.45, 7) is 17.6. The Bertz CT molecular complexity index is 554. The molecule has 0 fully saturated rings. The lowest BCUT2D eigenvalue weighted by atomic mass is 10.1. The van der Waals surface area contributed by atoms with Crippen LogP contribution in [0.2, 0.25) is 0 Å². The van der Waals surface area contributed by atoms with Gasteiger partial charge >= 0.3 is 0 Å². The van der Waals surface area contributed by atoms with Crippen molar-refractivity contribution in [1.82, 2.24) is 14.5 Å². The Kier molecular flexibility index (Phi) is 27.6. The summed E-state index contributed by atoms with van der Waals surface area (Å²) in [4.78, 5) is 12.7. The van der Waals surface area contributed by atoms with Gasteiger partial charge in [0.05, 0.1) is 0 Å². The van der Waals surface area contributed by atoms with Crippen LogP contribution in [0.5, 0.6) is 0 Å². The van der Waals surface area contributed by atoms with Gasteiger partial charge in [-0.2, -0.15) is 0 Å². The summed E-state index contributed by atoms with van der Waals surface area (Å²) in [5, 5.41) is 2.25. The fourth-order valence-electron chi connectivity index (χ4n) is 2.22. The van der Waals surface area contributed by atoms with Gasteiger partial charge in [-0.15, -0.1) is 0 Å². The molecule has 1 N–H and O–H groups in total. The van der Waals surface area contributed by atoms with Gasteiger partial charge in [0, 0.05) is 18.5 Å². The number of allylic oxidation sites excluding steroid dienone is 4. The summed E-state index contributed by atoms with van der Waals surface area (Å²) < 4.78 is 2.11. The highest BCUT2D eigenvalue weighted by atomic mass is 32.2. The molecule has 0 aliphatic rings. The molecule has 0 unspecified atom stereocenters. The molecule has 0 aromatic heterocycles. The van der Waals surface area contributed by atoms with Crippen LogP contribution in [0.4, 0.5) is 0 Å². The quantitative estimate of drug-likeness (QED) is 0.256. The van der Waals surface area contributed by atoms with Crippen LogP contribution in [0.3, 0.4) is 0 Å². The molecule has 0 aliphatic heterocycles. The number of nitrogens with zero attached hydrogens (tertiary/aromatic N) is 2. The van der Waals surface area contributed by atoms with Gasteiger partial charge in [0.2, 0.25) is 6.41 Å². The van der Waals surface area contributed by atoms with Gasteiger partial charge in [0.1, 0.15) is 0 Å². The number of carbonyl (C=O) groups excluding carboxylic acids is 1. The Balaban J connectivity index is -0.000000793. The predicted octanol–water partition coefficient (Wildman–Crippen LogP) is 6.18. The molecule has 30 heavy (non-hydrogen) atoms. The van der Waals surface area contributed by atoms with Crippen molar-refractivity contribution in [2.75, 3.05) is 34.7 Å². The van der Waals surface area contributed by atoms with E-state index in [2.05, 4.69) is 73.1 Å². The third-order valence-electron chi connectivity index (χ3n) is 3.38. The zero-order valence-electron chi connectivity index (χ0n) is 20.6. The van der Waals surface area contributed by atoms with E-state index in [4.69, 9.17) is 4.79 Å². The Morgan fingerprint density at radius 3 is 2.00 bits per heavy atom. The Labute approximate surface area is 191 Å². The Morgan fingerprint density at radius 2 is 1.60 bits per heavy atom. The van der Waals surface area contributed by atoms with Crippen LogP contribution < -0.4 is 5.32 Å². The summed E-state index contributed by atoms with van der Waals surface area (Å²) in [6.07, 6.45) is 8.60. The summed E-state index contributed by atoms with van der Waals surface area (Å²) in [6, 6.07) is 8.82. The number of rotatable bonds is 11. The summed E-state index contributed by atoms with van der Waals surface area (Å²) in [7, 11) is 7.86. The SMILES string of the molecule is C=C/C=C(\C=C)CCCN(C)Cc1ccc(SN(C)C)cc1.CC.CC.CNC=O. The first kappa shape index (κ1) is 32.8. The molecule has 5 heteroatoms. The standard InChI is InChI=1S/C19H28N2S.C2H5NO.2C2H6/c1-6-9-17(7-2)10-8-15-21(5)16-18-11-13-19(14-12-18)22-20(3)4;1-3-2-4;2*1-2/h6-7,9,11-14H,1-2,8,10,15-16H2,3-5H3;2H,1H3,(H,3,4);2*1-2H3/b17-9+;;;. The van der Waals surface area contributed by atoms with E-state index >= 15 is 0 Å². The molecule has 1 aromatic rings. The number of hydrogen-bond donors (Lipinski definition) is 1. The highest BCUT2D eigenvalue weighted by molar-refractivity contribution is 7.97. The van der Waals surface area contributed by atoms with Crippen molar-refractivity contribution in [3.8, 4) is 0 Å². The minimum absolute atomic E-state index is 0.625. The van der Waals surface area contributed by atoms with Crippen molar-refractivity contribution in [3.63, 3.8) is 0 Å². The molecule has 0 bridgehead atoms. The van der Waals surface area contributed by atoms with Crippen LogP contribution in [0.15, 0.2) is 66.1 Å². The molecule has 1 aromatic carbocycles. The lowest BCUT2D eigenvalue weighted by molar-refractivity contribution is -0.109. The van der Waals surface area contributed by atoms with Crippen LogP contribution in [0.1, 0.15) is 46.1 Å². The van der Waals surface area contributed by atoms with E-state index in [1.54, 1.807) is 19.0 Å². The average Bonchev–Trinajstić information content (AvgIpc) is 2.77. The van der Waals surface area contributed by atoms with Gasteiger partial charge in [0.25, 0.3) is 0 Å². The van der Waals surface area contributed by atoms with Crippen molar-refractivity contribution in [2.24, 2.45) is 0 Å². The van der Waals surface area contributed by atoms with E-state index in [1.165, 1.54) is 16.0 Å². The number of benzene rings is 1. The molecule has 0 atom stereocenters. The molecule has 0 saturated carbocycles. The minimum Gasteiger partial charge on any atom is -0.362 e. The third kappa shape index (κ3) is 20.9. The maximum Gasteiger partial charge on any atom is 0.206 e. The monoisotopic (exact) mass is 435 g/mol. The van der Waals surface area contributed by atoms with Crippen molar-refractivity contribution in [1.29, 1.82) is 0 Å². The third-order valence-corrected chi connectivity index (χ3v) is 4.23. The zero-order chi connectivity index (χ0) is 23.8. The molecule has 0 saturated heterocycles. The van der Waals surface area contributed by atoms with Crippen molar-refractivity contribution in [2.45, 2.75) is 52.0 Å². The summed E-state index contributed by atoms with van der Waals surface area (Å²) >= 11 is 1.75. The van der Waals surface area contributed by atoms with Crippen molar-refractivity contribution in [3.05, 3.63) is 66.8 Å². The van der Waals surface area contributed by atoms with Crippen LogP contribution >= 0.6 is 11.9 Å². The maximum atomic E-state index is 9.06. The van der Waals surface area contributed by atoms with Crippen molar-refractivity contribution < 1.29 is 4.79 Å². The fraction of sp³-hybridized carbons (Fsp3) is 0.480. The van der Waals surface area contributed by atoms with Gasteiger partial charge in [-0.3, -0.25) is 9.10 Å². The fourth-order valence-corrected chi connectivity index (χ4v) is 2.89. The molecule has 1 amide bonds. The second kappa shape index (κ2) is 25.2. The topological polar surface area (TPSA) is 35.6 Å². The molecule has 172 valence electrons. The van der Waals surface area contributed by atoms with Gasteiger partial charge in [-0.05, 0) is 75.7 Å². The summed E-state index contributed by atoms with van der Waals surface area (Å²) in [5.74, 6) is 0. The second-order valence-electron chi connectivity index (χ2n) is 5.98. The van der Waals surface area contributed by atoms with Crippen LogP contribution in [-0.2, 0) is 11.3 Å². The van der Waals surface area contributed by atoms with Crippen LogP contribution in [0.25, 0.3) is 0 Å². The normalized spacial score (nSPS) is 9.87. The first-order chi connectivity index (χ1) is 14.5. The molecule has 1 rings (SSSR count). The van der Waals surface area contributed by atoms with Gasteiger partial charge < -0.3 is 10.2 Å². The predicted molar refractivity (Wildman–Crippen MR) is 138 cm³/mol. The number of nitrogens with one attached hydrogen (secondary N) is 1. The summed E-state index contributed by atoms with van der Waals surface area (Å²) in [5.41, 5.74) is 2.62. The molecule has 4 nitrogen and oxygen atoms in total. The number of hydrogen-bond acceptors (Lipinski definition) is 4. The van der Waals surface area contributed by atoms with E-state index in [-0.39, 0.29) is 0 Å². The Hall–Kier alpha value is -1.82. The van der Waals surface area contributed by atoms with E-state index in [1.807, 2.05) is 45.9 Å². The van der Waals surface area contributed by atoms with Crippen molar-refractivity contribution >= 4 is 18.4 Å². The van der Waals surface area contributed by atoms with Crippen LogP contribution in [-0.4, -0.2) is 50.4 Å². The molecular formula is C25H45N3OS. The molecule has 0 radical (unpaired) electrons. The highest BCUT2D eigenvalue weighted by Crippen LogP contribution is 2.20. The van der Waals surface area contributed by atoms with E-state index in [0.717, 1.165) is 25.9 Å². The minimum atomic E-state index is 0.625. The molecule has 0 heterocycles. The first-order valence-corrected chi connectivity index (χ1v) is 11.4. The lowest BCUT2D eigenvalue weighted by Gasteiger charge is -2.17. The van der Waals surface area contributed by atoms with Gasteiger partial charge in [0.15, 0.2) is 0 Å². The first-order valence-electron chi connectivity index (χ1n) is 10.6. The van der Waals surface area contributed by atoms with E-state index in [9.17, 15) is 0 Å². The maximum absolute atomic E-state index is 9.06. The van der Waals surface area contributed by atoms with E-state index < -0.39 is 0 Å². The van der Waals surface area contributed by atoms with E-state index in [0.29, 0.717) is 6.41 Å². The van der Waals surface area contributed by atoms with Crippen LogP contribution in [0, 0.1) is 0 Å². The molecular weight excluding hydrogens is 390 g/mol. The largest absolute Gasteiger partial charge is 0.362 e.